The molecule has 0 aliphatic carbocycles. The van der Waals surface area contributed by atoms with Crippen LogP contribution in [0.3, 0.4) is 0 Å². The maximum atomic E-state index is 4.32. The molecule has 1 N–H and O–H groups in total. The van der Waals surface area contributed by atoms with Gasteiger partial charge < -0.3 is 5.32 Å². The van der Waals surface area contributed by atoms with Crippen molar-refractivity contribution in [3.05, 3.63) is 65.5 Å². The quantitative estimate of drug-likeness (QED) is 0.776. The third kappa shape index (κ3) is 4.78. The number of pyridine rings is 1. The van der Waals surface area contributed by atoms with E-state index >= 15 is 0 Å². The van der Waals surface area contributed by atoms with Crippen molar-refractivity contribution in [2.75, 3.05) is 13.1 Å². The minimum atomic E-state index is 0.612. The van der Waals surface area contributed by atoms with E-state index < -0.39 is 0 Å². The zero-order chi connectivity index (χ0) is 14.2. The summed E-state index contributed by atoms with van der Waals surface area (Å²) < 4.78 is 0. The van der Waals surface area contributed by atoms with Gasteiger partial charge in [0.2, 0.25) is 0 Å². The highest BCUT2D eigenvalue weighted by Gasteiger charge is 1.99. The highest BCUT2D eigenvalue weighted by Crippen LogP contribution is 2.14. The molecule has 0 radical (unpaired) electrons. The maximum absolute atomic E-state index is 4.32. The van der Waals surface area contributed by atoms with Crippen LogP contribution in [0.25, 0.3) is 0 Å². The number of aromatic nitrogens is 1. The van der Waals surface area contributed by atoms with Gasteiger partial charge in [-0.15, -0.1) is 0 Å². The summed E-state index contributed by atoms with van der Waals surface area (Å²) in [6, 6.07) is 15.1. The Morgan fingerprint density at radius 3 is 2.35 bits per heavy atom. The molecule has 2 heteroatoms. The van der Waals surface area contributed by atoms with E-state index in [9.17, 15) is 0 Å². The van der Waals surface area contributed by atoms with Gasteiger partial charge in [-0.25, -0.2) is 0 Å². The van der Waals surface area contributed by atoms with Gasteiger partial charge >= 0.3 is 0 Å². The van der Waals surface area contributed by atoms with Crippen LogP contribution >= 0.6 is 0 Å². The third-order valence-corrected chi connectivity index (χ3v) is 3.52. The lowest BCUT2D eigenvalue weighted by Gasteiger charge is -2.08. The van der Waals surface area contributed by atoms with E-state index in [1.807, 2.05) is 18.3 Å². The molecule has 1 heterocycles. The highest BCUT2D eigenvalue weighted by atomic mass is 14.8. The first-order valence-corrected chi connectivity index (χ1v) is 7.45. The summed E-state index contributed by atoms with van der Waals surface area (Å²) in [6.45, 7) is 6.47. The summed E-state index contributed by atoms with van der Waals surface area (Å²) in [7, 11) is 0. The van der Waals surface area contributed by atoms with E-state index in [1.54, 1.807) is 0 Å². The van der Waals surface area contributed by atoms with Gasteiger partial charge in [-0.3, -0.25) is 4.98 Å². The number of hydrogen-bond acceptors (Lipinski definition) is 2. The van der Waals surface area contributed by atoms with Crippen molar-refractivity contribution in [3.8, 4) is 0 Å². The van der Waals surface area contributed by atoms with Gasteiger partial charge in [0, 0.05) is 24.9 Å². The molecule has 0 bridgehead atoms. The van der Waals surface area contributed by atoms with Crippen LogP contribution in [0.1, 0.15) is 36.6 Å². The van der Waals surface area contributed by atoms with Crippen molar-refractivity contribution in [1.29, 1.82) is 0 Å². The lowest BCUT2D eigenvalue weighted by Crippen LogP contribution is -2.20. The fourth-order valence-electron chi connectivity index (χ4n) is 2.19. The smallest absolute Gasteiger partial charge is 0.0416 e. The third-order valence-electron chi connectivity index (χ3n) is 3.52. The molecule has 1 aromatic heterocycles. The van der Waals surface area contributed by atoms with Gasteiger partial charge in [0.15, 0.2) is 0 Å². The molecule has 0 amide bonds. The number of rotatable bonds is 7. The molecular weight excluding hydrogens is 244 g/mol. The van der Waals surface area contributed by atoms with Gasteiger partial charge in [0.05, 0.1) is 0 Å². The van der Waals surface area contributed by atoms with E-state index in [0.717, 1.165) is 31.6 Å². The Bertz CT molecular complexity index is 489. The molecular formula is C18H24N2. The van der Waals surface area contributed by atoms with Crippen LogP contribution < -0.4 is 5.32 Å². The molecule has 106 valence electrons. The molecule has 1 aromatic carbocycles. The number of nitrogens with one attached hydrogen (secondary N) is 1. The number of nitrogens with zero attached hydrogens (tertiary/aromatic N) is 1. The summed E-state index contributed by atoms with van der Waals surface area (Å²) >= 11 is 0. The van der Waals surface area contributed by atoms with Crippen molar-refractivity contribution in [1.82, 2.24) is 10.3 Å². The highest BCUT2D eigenvalue weighted by molar-refractivity contribution is 5.24. The van der Waals surface area contributed by atoms with Crippen LogP contribution in [0.4, 0.5) is 0 Å². The molecule has 2 aromatic rings. The van der Waals surface area contributed by atoms with Crippen LogP contribution in [-0.4, -0.2) is 18.1 Å². The Morgan fingerprint density at radius 2 is 1.70 bits per heavy atom. The Labute approximate surface area is 122 Å². The van der Waals surface area contributed by atoms with Gasteiger partial charge in [-0.05, 0) is 42.1 Å². The van der Waals surface area contributed by atoms with Crippen molar-refractivity contribution < 1.29 is 0 Å². The van der Waals surface area contributed by atoms with Crippen LogP contribution in [0.15, 0.2) is 48.7 Å². The molecule has 2 nitrogen and oxygen atoms in total. The molecule has 0 saturated heterocycles. The summed E-state index contributed by atoms with van der Waals surface area (Å²) in [6.07, 6.45) is 3.93. The lowest BCUT2D eigenvalue weighted by atomic mass is 10.0. The minimum Gasteiger partial charge on any atom is -0.316 e. The fraction of sp³-hybridized carbons (Fsp3) is 0.389. The van der Waals surface area contributed by atoms with Crippen LogP contribution in [-0.2, 0) is 12.8 Å². The standard InChI is InChI=1S/C18H24N2/c1-15(2)17-8-6-16(7-9-17)10-13-19-14-11-18-5-3-4-12-20-18/h3-9,12,15,19H,10-11,13-14H2,1-2H3. The second-order valence-electron chi connectivity index (χ2n) is 5.47. The summed E-state index contributed by atoms with van der Waals surface area (Å²) in [4.78, 5) is 4.32. The van der Waals surface area contributed by atoms with E-state index in [4.69, 9.17) is 0 Å². The van der Waals surface area contributed by atoms with Gasteiger partial charge in [-0.2, -0.15) is 0 Å². The largest absolute Gasteiger partial charge is 0.316 e. The maximum Gasteiger partial charge on any atom is 0.0416 e. The predicted molar refractivity (Wildman–Crippen MR) is 85.0 cm³/mol. The molecule has 0 spiro atoms. The van der Waals surface area contributed by atoms with Gasteiger partial charge in [-0.1, -0.05) is 44.2 Å². The zero-order valence-corrected chi connectivity index (χ0v) is 12.5. The average Bonchev–Trinajstić information content (AvgIpc) is 2.48. The molecule has 0 fully saturated rings. The van der Waals surface area contributed by atoms with Crippen LogP contribution in [0.2, 0.25) is 0 Å². The number of hydrogen-bond donors (Lipinski definition) is 1. The average molecular weight is 268 g/mol. The SMILES string of the molecule is CC(C)c1ccc(CCNCCc2ccccn2)cc1. The Morgan fingerprint density at radius 1 is 0.950 bits per heavy atom. The second kappa shape index (κ2) is 7.81. The van der Waals surface area contributed by atoms with Crippen LogP contribution in [0.5, 0.6) is 0 Å². The molecule has 20 heavy (non-hydrogen) atoms. The Hall–Kier alpha value is -1.67. The summed E-state index contributed by atoms with van der Waals surface area (Å²) in [5, 5.41) is 3.48. The van der Waals surface area contributed by atoms with Crippen molar-refractivity contribution >= 4 is 0 Å². The topological polar surface area (TPSA) is 24.9 Å². The van der Waals surface area contributed by atoms with Crippen LogP contribution in [0, 0.1) is 0 Å². The monoisotopic (exact) mass is 268 g/mol. The first-order chi connectivity index (χ1) is 9.75. The van der Waals surface area contributed by atoms with Crippen molar-refractivity contribution in [3.63, 3.8) is 0 Å². The molecule has 0 saturated carbocycles. The van der Waals surface area contributed by atoms with Crippen molar-refractivity contribution in [2.45, 2.75) is 32.6 Å². The predicted octanol–water partition coefficient (Wildman–Crippen LogP) is 3.58. The Balaban J connectivity index is 1.66. The van der Waals surface area contributed by atoms with E-state index in [1.165, 1.54) is 11.1 Å². The molecule has 0 unspecified atom stereocenters. The lowest BCUT2D eigenvalue weighted by molar-refractivity contribution is 0.675. The normalized spacial score (nSPS) is 10.9. The minimum absolute atomic E-state index is 0.612. The second-order valence-corrected chi connectivity index (χ2v) is 5.47. The zero-order valence-electron chi connectivity index (χ0n) is 12.5. The summed E-state index contributed by atoms with van der Waals surface area (Å²) in [5.74, 6) is 0.612. The van der Waals surface area contributed by atoms with E-state index in [0.29, 0.717) is 5.92 Å². The van der Waals surface area contributed by atoms with E-state index in [2.05, 4.69) is 54.5 Å². The first-order valence-electron chi connectivity index (χ1n) is 7.45. The van der Waals surface area contributed by atoms with Crippen molar-refractivity contribution in [2.24, 2.45) is 0 Å². The van der Waals surface area contributed by atoms with Gasteiger partial charge in [0.25, 0.3) is 0 Å². The fourth-order valence-corrected chi connectivity index (χ4v) is 2.19. The molecule has 0 aliphatic rings. The molecule has 0 aliphatic heterocycles. The Kier molecular flexibility index (Phi) is 5.75. The first kappa shape index (κ1) is 14.7. The van der Waals surface area contributed by atoms with E-state index in [-0.39, 0.29) is 0 Å². The van der Waals surface area contributed by atoms with Gasteiger partial charge in [0.1, 0.15) is 0 Å². The summed E-state index contributed by atoms with van der Waals surface area (Å²) in [5.41, 5.74) is 3.97. The molecule has 2 rings (SSSR count). The number of benzene rings is 1. The molecule has 0 atom stereocenters.